The minimum Gasteiger partial charge on any atom is -0.490 e. The van der Waals surface area contributed by atoms with Gasteiger partial charge in [-0.3, -0.25) is 4.98 Å². The van der Waals surface area contributed by atoms with Crippen LogP contribution in [0.15, 0.2) is 18.2 Å². The van der Waals surface area contributed by atoms with E-state index in [-0.39, 0.29) is 0 Å². The van der Waals surface area contributed by atoms with E-state index in [0.717, 1.165) is 37.6 Å². The van der Waals surface area contributed by atoms with Crippen molar-refractivity contribution in [3.63, 3.8) is 0 Å². The molecular formula is C21H26N2O. The number of hydrogen-bond acceptors (Lipinski definition) is 3. The highest BCUT2D eigenvalue weighted by Crippen LogP contribution is 2.45. The predicted molar refractivity (Wildman–Crippen MR) is 96.9 cm³/mol. The molecule has 5 rings (SSSR count). The highest BCUT2D eigenvalue weighted by Gasteiger charge is 2.28. The molecule has 3 heteroatoms. The summed E-state index contributed by atoms with van der Waals surface area (Å²) in [6, 6.07) is 6.90. The Morgan fingerprint density at radius 1 is 1.00 bits per heavy atom. The van der Waals surface area contributed by atoms with E-state index in [4.69, 9.17) is 9.72 Å². The Bertz CT molecular complexity index is 760. The van der Waals surface area contributed by atoms with E-state index in [9.17, 15) is 0 Å². The topological polar surface area (TPSA) is 34.1 Å². The second-order valence-corrected chi connectivity index (χ2v) is 7.69. The Morgan fingerprint density at radius 3 is 2.67 bits per heavy atom. The van der Waals surface area contributed by atoms with Gasteiger partial charge in [-0.25, -0.2) is 0 Å². The van der Waals surface area contributed by atoms with Crippen molar-refractivity contribution in [2.24, 2.45) is 0 Å². The fourth-order valence-electron chi connectivity index (χ4n) is 4.34. The van der Waals surface area contributed by atoms with Gasteiger partial charge in [0.25, 0.3) is 0 Å². The number of hydrogen-bond donors (Lipinski definition) is 1. The molecule has 0 bridgehead atoms. The lowest BCUT2D eigenvalue weighted by molar-refractivity contribution is 0.212. The zero-order valence-corrected chi connectivity index (χ0v) is 14.3. The second-order valence-electron chi connectivity index (χ2n) is 7.69. The number of rotatable bonds is 3. The van der Waals surface area contributed by atoms with Gasteiger partial charge in [0.2, 0.25) is 0 Å². The van der Waals surface area contributed by atoms with Gasteiger partial charge in [0.05, 0.1) is 11.6 Å². The highest BCUT2D eigenvalue weighted by molar-refractivity contribution is 5.89. The Morgan fingerprint density at radius 2 is 1.83 bits per heavy atom. The molecule has 0 spiro atoms. The smallest absolute Gasteiger partial charge is 0.129 e. The maximum absolute atomic E-state index is 6.41. The molecule has 2 aromatic rings. The average molecular weight is 322 g/mol. The molecule has 2 fully saturated rings. The fraction of sp³-hybridized carbons (Fsp3) is 0.571. The second kappa shape index (κ2) is 6.03. The normalized spacial score (nSPS) is 21.7. The highest BCUT2D eigenvalue weighted by atomic mass is 16.5. The van der Waals surface area contributed by atoms with Gasteiger partial charge in [0.15, 0.2) is 0 Å². The summed E-state index contributed by atoms with van der Waals surface area (Å²) in [7, 11) is 0. The Hall–Kier alpha value is -1.61. The summed E-state index contributed by atoms with van der Waals surface area (Å²) in [5, 5.41) is 4.76. The maximum atomic E-state index is 6.41. The van der Waals surface area contributed by atoms with Gasteiger partial charge in [-0.15, -0.1) is 0 Å². The van der Waals surface area contributed by atoms with Crippen LogP contribution in [0.2, 0.25) is 0 Å². The zero-order valence-electron chi connectivity index (χ0n) is 14.3. The maximum Gasteiger partial charge on any atom is 0.129 e. The molecule has 2 aliphatic carbocycles. The quantitative estimate of drug-likeness (QED) is 0.923. The van der Waals surface area contributed by atoms with E-state index in [1.165, 1.54) is 66.2 Å². The molecule has 0 radical (unpaired) electrons. The van der Waals surface area contributed by atoms with E-state index in [0.29, 0.717) is 6.10 Å². The van der Waals surface area contributed by atoms with Crippen molar-refractivity contribution in [1.82, 2.24) is 10.3 Å². The molecule has 0 amide bonds. The summed E-state index contributed by atoms with van der Waals surface area (Å²) >= 11 is 0. The van der Waals surface area contributed by atoms with Gasteiger partial charge < -0.3 is 10.1 Å². The summed E-state index contributed by atoms with van der Waals surface area (Å²) in [4.78, 5) is 5.15. The van der Waals surface area contributed by atoms with Crippen molar-refractivity contribution >= 4 is 10.9 Å². The van der Waals surface area contributed by atoms with E-state index >= 15 is 0 Å². The van der Waals surface area contributed by atoms with Gasteiger partial charge in [-0.2, -0.15) is 0 Å². The molecule has 2 heterocycles. The third-order valence-corrected chi connectivity index (χ3v) is 5.87. The van der Waals surface area contributed by atoms with Crippen LogP contribution in [0.3, 0.4) is 0 Å². The Kier molecular flexibility index (Phi) is 3.70. The molecule has 2 saturated carbocycles. The van der Waals surface area contributed by atoms with Gasteiger partial charge in [0, 0.05) is 24.0 Å². The summed E-state index contributed by atoms with van der Waals surface area (Å²) in [5.41, 5.74) is 5.38. The minimum absolute atomic E-state index is 0.403. The molecule has 126 valence electrons. The van der Waals surface area contributed by atoms with Gasteiger partial charge >= 0.3 is 0 Å². The molecule has 1 N–H and O–H groups in total. The van der Waals surface area contributed by atoms with Crippen molar-refractivity contribution in [2.75, 3.05) is 13.1 Å². The number of benzene rings is 1. The Labute approximate surface area is 143 Å². The zero-order chi connectivity index (χ0) is 15.9. The summed E-state index contributed by atoms with van der Waals surface area (Å²) in [5.74, 6) is 1.79. The summed E-state index contributed by atoms with van der Waals surface area (Å²) < 4.78 is 6.41. The third kappa shape index (κ3) is 2.69. The molecule has 0 atom stereocenters. The van der Waals surface area contributed by atoms with E-state index in [1.54, 1.807) is 0 Å². The molecule has 1 aromatic heterocycles. The largest absolute Gasteiger partial charge is 0.490 e. The number of aromatic nitrogens is 1. The van der Waals surface area contributed by atoms with Crippen LogP contribution >= 0.6 is 0 Å². The molecule has 3 nitrogen and oxygen atoms in total. The molecule has 24 heavy (non-hydrogen) atoms. The SMILES string of the molecule is c1cc(C2CC2)c2nc3c(cc2c1OC1CCCC1)CCNCC3. The van der Waals surface area contributed by atoms with Crippen LogP contribution in [0.4, 0.5) is 0 Å². The van der Waals surface area contributed by atoms with Crippen LogP contribution in [0, 0.1) is 0 Å². The van der Waals surface area contributed by atoms with E-state index in [1.807, 2.05) is 0 Å². The van der Waals surface area contributed by atoms with E-state index in [2.05, 4.69) is 23.5 Å². The molecule has 0 unspecified atom stereocenters. The Balaban J connectivity index is 1.63. The monoisotopic (exact) mass is 322 g/mol. The first kappa shape index (κ1) is 14.7. The van der Waals surface area contributed by atoms with Crippen LogP contribution in [0.25, 0.3) is 10.9 Å². The number of nitrogens with one attached hydrogen (secondary N) is 1. The van der Waals surface area contributed by atoms with Crippen LogP contribution in [-0.4, -0.2) is 24.2 Å². The lowest BCUT2D eigenvalue weighted by atomic mass is 10.00. The lowest BCUT2D eigenvalue weighted by Crippen LogP contribution is -2.16. The lowest BCUT2D eigenvalue weighted by Gasteiger charge is -2.18. The number of nitrogens with zero attached hydrogens (tertiary/aromatic N) is 1. The van der Waals surface area contributed by atoms with Crippen LogP contribution in [0.1, 0.15) is 61.3 Å². The van der Waals surface area contributed by atoms with Crippen LogP contribution in [-0.2, 0) is 12.8 Å². The van der Waals surface area contributed by atoms with Crippen LogP contribution in [0.5, 0.6) is 5.75 Å². The number of fused-ring (bicyclic) bond motifs is 2. The van der Waals surface area contributed by atoms with Crippen molar-refractivity contribution in [3.05, 3.63) is 35.0 Å². The van der Waals surface area contributed by atoms with E-state index < -0.39 is 0 Å². The van der Waals surface area contributed by atoms with Crippen LogP contribution < -0.4 is 10.1 Å². The molecule has 3 aliphatic rings. The van der Waals surface area contributed by atoms with Crippen molar-refractivity contribution < 1.29 is 4.74 Å². The summed E-state index contributed by atoms with van der Waals surface area (Å²) in [6.45, 7) is 2.10. The van der Waals surface area contributed by atoms with Gasteiger partial charge in [0.1, 0.15) is 5.75 Å². The molecule has 1 aromatic carbocycles. The van der Waals surface area contributed by atoms with Gasteiger partial charge in [-0.05, 0) is 80.7 Å². The van der Waals surface area contributed by atoms with Gasteiger partial charge in [-0.1, -0.05) is 6.07 Å². The molecule has 0 saturated heterocycles. The first-order valence-electron chi connectivity index (χ1n) is 9.71. The van der Waals surface area contributed by atoms with Crippen molar-refractivity contribution in [3.8, 4) is 5.75 Å². The van der Waals surface area contributed by atoms with Crippen molar-refractivity contribution in [1.29, 1.82) is 0 Å². The molecule has 1 aliphatic heterocycles. The van der Waals surface area contributed by atoms with Crippen molar-refractivity contribution in [2.45, 2.75) is 63.4 Å². The fourth-order valence-corrected chi connectivity index (χ4v) is 4.34. The summed E-state index contributed by atoms with van der Waals surface area (Å²) in [6.07, 6.45) is 10.2. The minimum atomic E-state index is 0.403. The standard InChI is InChI=1S/C21H26N2O/c1-2-4-16(3-1)24-20-8-7-17(14-5-6-14)21-18(20)13-15-9-11-22-12-10-19(15)23-21/h7-8,13-14,16,22H,1-6,9-12H2. The first-order valence-corrected chi connectivity index (χ1v) is 9.71. The predicted octanol–water partition coefficient (Wildman–Crippen LogP) is 4.12. The average Bonchev–Trinajstić information content (AvgIpc) is 3.36. The number of ether oxygens (including phenoxy) is 1. The third-order valence-electron chi connectivity index (χ3n) is 5.87. The number of pyridine rings is 1. The molecular weight excluding hydrogens is 296 g/mol. The first-order chi connectivity index (χ1) is 11.9.